The van der Waals surface area contributed by atoms with Crippen LogP contribution in [0.3, 0.4) is 0 Å². The van der Waals surface area contributed by atoms with Gasteiger partial charge in [0.15, 0.2) is 5.82 Å². The van der Waals surface area contributed by atoms with Crippen LogP contribution in [0.4, 0.5) is 0 Å². The molecule has 114 valence electrons. The maximum absolute atomic E-state index is 10.9. The average molecular weight is 284 g/mol. The highest BCUT2D eigenvalue weighted by atomic mass is 16.5. The lowest BCUT2D eigenvalue weighted by Gasteiger charge is -2.20. The van der Waals surface area contributed by atoms with E-state index >= 15 is 0 Å². The smallest absolute Gasteiger partial charge is 0.317 e. The van der Waals surface area contributed by atoms with E-state index in [-0.39, 0.29) is 12.0 Å². The van der Waals surface area contributed by atoms with E-state index in [1.165, 1.54) is 0 Å². The summed E-state index contributed by atoms with van der Waals surface area (Å²) >= 11 is 0. The van der Waals surface area contributed by atoms with Crippen molar-refractivity contribution in [2.75, 3.05) is 33.7 Å². The highest BCUT2D eigenvalue weighted by Gasteiger charge is 2.22. The van der Waals surface area contributed by atoms with E-state index in [0.717, 1.165) is 6.54 Å². The van der Waals surface area contributed by atoms with Crippen LogP contribution in [0, 0.1) is 0 Å². The molecular formula is C13H24N4O3. The zero-order chi connectivity index (χ0) is 15.3. The van der Waals surface area contributed by atoms with Crippen molar-refractivity contribution in [1.29, 1.82) is 0 Å². The van der Waals surface area contributed by atoms with Crippen molar-refractivity contribution in [3.8, 4) is 0 Å². The second-order valence-corrected chi connectivity index (χ2v) is 6.17. The molecule has 0 atom stereocenters. The van der Waals surface area contributed by atoms with E-state index in [4.69, 9.17) is 9.63 Å². The number of carboxylic acid groups (broad SMARTS) is 1. The van der Waals surface area contributed by atoms with Crippen LogP contribution in [0.5, 0.6) is 0 Å². The molecule has 0 bridgehead atoms. The molecule has 0 amide bonds. The summed E-state index contributed by atoms with van der Waals surface area (Å²) < 4.78 is 5.20. The van der Waals surface area contributed by atoms with Gasteiger partial charge in [0.1, 0.15) is 0 Å². The third kappa shape index (κ3) is 5.66. The van der Waals surface area contributed by atoms with E-state index in [2.05, 4.69) is 10.1 Å². The molecular weight excluding hydrogens is 260 g/mol. The van der Waals surface area contributed by atoms with Crippen LogP contribution in [0.25, 0.3) is 0 Å². The van der Waals surface area contributed by atoms with Gasteiger partial charge in [0.05, 0.1) is 13.1 Å². The van der Waals surface area contributed by atoms with Crippen molar-refractivity contribution >= 4 is 5.97 Å². The van der Waals surface area contributed by atoms with Gasteiger partial charge in [-0.25, -0.2) is 0 Å². The minimum absolute atomic E-state index is 0.0406. The Kier molecular flexibility index (Phi) is 5.64. The molecule has 0 aliphatic heterocycles. The van der Waals surface area contributed by atoms with E-state index in [9.17, 15) is 4.79 Å². The standard InChI is InChI=1S/C13H24N4O3/c1-13(2,3)12-14-10(20-15-12)8-17(9-11(18)19)7-6-16(4)5/h6-9H2,1-5H3,(H,18,19). The molecule has 1 heterocycles. The van der Waals surface area contributed by atoms with Gasteiger partial charge in [0.2, 0.25) is 5.89 Å². The SMILES string of the molecule is CN(C)CCN(CC(=O)O)Cc1nc(C(C)(C)C)no1. The normalized spacial score (nSPS) is 12.3. The fourth-order valence-corrected chi connectivity index (χ4v) is 1.56. The highest BCUT2D eigenvalue weighted by Crippen LogP contribution is 2.18. The first-order valence-corrected chi connectivity index (χ1v) is 6.60. The topological polar surface area (TPSA) is 82.7 Å². The molecule has 0 fully saturated rings. The lowest BCUT2D eigenvalue weighted by atomic mass is 9.96. The van der Waals surface area contributed by atoms with Crippen LogP contribution in [0.15, 0.2) is 4.52 Å². The molecule has 0 aliphatic rings. The Morgan fingerprint density at radius 3 is 2.40 bits per heavy atom. The predicted molar refractivity (Wildman–Crippen MR) is 74.5 cm³/mol. The maximum atomic E-state index is 10.9. The second-order valence-electron chi connectivity index (χ2n) is 6.17. The van der Waals surface area contributed by atoms with E-state index < -0.39 is 5.97 Å². The van der Waals surface area contributed by atoms with Gasteiger partial charge in [-0.05, 0) is 14.1 Å². The van der Waals surface area contributed by atoms with Gasteiger partial charge in [0, 0.05) is 18.5 Å². The molecule has 1 rings (SSSR count). The molecule has 1 N–H and O–H groups in total. The Bertz CT molecular complexity index is 437. The highest BCUT2D eigenvalue weighted by molar-refractivity contribution is 5.69. The summed E-state index contributed by atoms with van der Waals surface area (Å²) in [6, 6.07) is 0. The van der Waals surface area contributed by atoms with Crippen molar-refractivity contribution in [1.82, 2.24) is 19.9 Å². The summed E-state index contributed by atoms with van der Waals surface area (Å²) in [5.74, 6) is 0.227. The van der Waals surface area contributed by atoms with Crippen molar-refractivity contribution in [3.63, 3.8) is 0 Å². The summed E-state index contributed by atoms with van der Waals surface area (Å²) in [6.45, 7) is 7.72. The molecule has 1 aromatic rings. The first kappa shape index (κ1) is 16.6. The van der Waals surface area contributed by atoms with Gasteiger partial charge in [-0.1, -0.05) is 25.9 Å². The quantitative estimate of drug-likeness (QED) is 0.793. The number of nitrogens with zero attached hydrogens (tertiary/aromatic N) is 4. The number of rotatable bonds is 7. The van der Waals surface area contributed by atoms with Crippen LogP contribution in [0.1, 0.15) is 32.5 Å². The average Bonchev–Trinajstić information content (AvgIpc) is 2.73. The van der Waals surface area contributed by atoms with Gasteiger partial charge in [-0.15, -0.1) is 0 Å². The lowest BCUT2D eigenvalue weighted by Crippen LogP contribution is -2.35. The number of carbonyl (C=O) groups is 1. The van der Waals surface area contributed by atoms with Crippen LogP contribution < -0.4 is 0 Å². The number of hydrogen-bond acceptors (Lipinski definition) is 6. The molecule has 0 aromatic carbocycles. The van der Waals surface area contributed by atoms with Crippen LogP contribution in [0.2, 0.25) is 0 Å². The maximum Gasteiger partial charge on any atom is 0.317 e. The fraction of sp³-hybridized carbons (Fsp3) is 0.769. The number of likely N-dealkylation sites (N-methyl/N-ethyl adjacent to an activating group) is 1. The lowest BCUT2D eigenvalue weighted by molar-refractivity contribution is -0.138. The monoisotopic (exact) mass is 284 g/mol. The predicted octanol–water partition coefficient (Wildman–Crippen LogP) is 0.815. The molecule has 20 heavy (non-hydrogen) atoms. The van der Waals surface area contributed by atoms with Crippen molar-refractivity contribution < 1.29 is 14.4 Å². The number of hydrogen-bond donors (Lipinski definition) is 1. The molecule has 0 aliphatic carbocycles. The van der Waals surface area contributed by atoms with Gasteiger partial charge in [0.25, 0.3) is 0 Å². The summed E-state index contributed by atoms with van der Waals surface area (Å²) in [5, 5.41) is 12.9. The van der Waals surface area contributed by atoms with Crippen LogP contribution in [-0.2, 0) is 16.8 Å². The molecule has 0 saturated carbocycles. The molecule has 0 saturated heterocycles. The second kappa shape index (κ2) is 6.81. The zero-order valence-corrected chi connectivity index (χ0v) is 12.9. The van der Waals surface area contributed by atoms with Gasteiger partial charge < -0.3 is 14.5 Å². The summed E-state index contributed by atoms with van der Waals surface area (Å²) in [5.41, 5.74) is -0.178. The molecule has 0 spiro atoms. The summed E-state index contributed by atoms with van der Waals surface area (Å²) in [4.78, 5) is 19.0. The van der Waals surface area contributed by atoms with Gasteiger partial charge in [-0.3, -0.25) is 9.69 Å². The van der Waals surface area contributed by atoms with E-state index in [1.54, 1.807) is 4.90 Å². The fourth-order valence-electron chi connectivity index (χ4n) is 1.56. The van der Waals surface area contributed by atoms with Gasteiger partial charge >= 0.3 is 5.97 Å². The Labute approximate surface area is 119 Å². The number of aliphatic carboxylic acids is 1. The summed E-state index contributed by atoms with van der Waals surface area (Å²) in [6.07, 6.45) is 0. The van der Waals surface area contributed by atoms with Crippen molar-refractivity contribution in [2.24, 2.45) is 0 Å². The molecule has 7 heteroatoms. The number of carboxylic acids is 1. The summed E-state index contributed by atoms with van der Waals surface area (Å²) in [7, 11) is 3.90. The minimum atomic E-state index is -0.862. The third-order valence-corrected chi connectivity index (χ3v) is 2.72. The largest absolute Gasteiger partial charge is 0.480 e. The third-order valence-electron chi connectivity index (χ3n) is 2.72. The van der Waals surface area contributed by atoms with Gasteiger partial charge in [-0.2, -0.15) is 4.98 Å². The molecule has 7 nitrogen and oxygen atoms in total. The Morgan fingerprint density at radius 2 is 1.95 bits per heavy atom. The first-order valence-electron chi connectivity index (χ1n) is 6.60. The minimum Gasteiger partial charge on any atom is -0.480 e. The van der Waals surface area contributed by atoms with E-state index in [0.29, 0.717) is 24.8 Å². The Balaban J connectivity index is 2.68. The Morgan fingerprint density at radius 1 is 1.30 bits per heavy atom. The number of aromatic nitrogens is 2. The zero-order valence-electron chi connectivity index (χ0n) is 12.9. The van der Waals surface area contributed by atoms with Crippen LogP contribution >= 0.6 is 0 Å². The first-order chi connectivity index (χ1) is 9.18. The Hall–Kier alpha value is -1.47. The molecule has 0 radical (unpaired) electrons. The van der Waals surface area contributed by atoms with E-state index in [1.807, 2.05) is 39.8 Å². The molecule has 1 aromatic heterocycles. The molecule has 0 unspecified atom stereocenters. The van der Waals surface area contributed by atoms with Crippen LogP contribution in [-0.4, -0.2) is 64.7 Å². The van der Waals surface area contributed by atoms with Crippen molar-refractivity contribution in [2.45, 2.75) is 32.7 Å². The van der Waals surface area contributed by atoms with Crippen molar-refractivity contribution in [3.05, 3.63) is 11.7 Å².